The predicted molar refractivity (Wildman–Crippen MR) is 84.7 cm³/mol. The van der Waals surface area contributed by atoms with Gasteiger partial charge in [-0.15, -0.1) is 0 Å². The summed E-state index contributed by atoms with van der Waals surface area (Å²) >= 11 is 11.8. The van der Waals surface area contributed by atoms with Crippen molar-refractivity contribution in [3.8, 4) is 0 Å². The molecule has 0 spiro atoms. The topological polar surface area (TPSA) is 58.2 Å². The van der Waals surface area contributed by atoms with Gasteiger partial charge in [-0.05, 0) is 37.0 Å². The quantitative estimate of drug-likeness (QED) is 0.867. The molecule has 0 radical (unpaired) electrons. The van der Waals surface area contributed by atoms with Gasteiger partial charge in [0.15, 0.2) is 0 Å². The summed E-state index contributed by atoms with van der Waals surface area (Å²) in [6.45, 7) is -0.0611. The second-order valence-electron chi connectivity index (χ2n) is 5.30. The van der Waals surface area contributed by atoms with Gasteiger partial charge in [-0.2, -0.15) is 0 Å². The third-order valence-corrected chi connectivity index (χ3v) is 4.16. The van der Waals surface area contributed by atoms with Crippen LogP contribution >= 0.6 is 23.2 Å². The molecule has 2 rings (SSSR count). The van der Waals surface area contributed by atoms with Gasteiger partial charge in [0.1, 0.15) is 0 Å². The number of benzene rings is 1. The van der Waals surface area contributed by atoms with E-state index < -0.39 is 0 Å². The highest BCUT2D eigenvalue weighted by molar-refractivity contribution is 6.35. The maximum Gasteiger partial charge on any atom is 0.243 e. The lowest BCUT2D eigenvalue weighted by atomic mass is 10.0. The maximum absolute atomic E-state index is 11.8. The van der Waals surface area contributed by atoms with E-state index in [0.717, 1.165) is 12.8 Å². The van der Waals surface area contributed by atoms with Crippen molar-refractivity contribution in [2.45, 2.75) is 32.1 Å². The highest BCUT2D eigenvalue weighted by Crippen LogP contribution is 2.27. The Morgan fingerprint density at radius 1 is 1.14 bits per heavy atom. The molecule has 1 saturated carbocycles. The third-order valence-electron chi connectivity index (χ3n) is 3.60. The molecule has 0 atom stereocenters. The summed E-state index contributed by atoms with van der Waals surface area (Å²) in [5.74, 6) is 0.0728. The van der Waals surface area contributed by atoms with Gasteiger partial charge in [0.25, 0.3) is 0 Å². The first-order valence-electron chi connectivity index (χ1n) is 7.06. The fourth-order valence-electron chi connectivity index (χ4n) is 2.52. The second-order valence-corrected chi connectivity index (χ2v) is 6.15. The van der Waals surface area contributed by atoms with E-state index in [1.807, 2.05) is 0 Å². The Balaban J connectivity index is 1.76. The molecule has 0 heterocycles. The molecule has 1 aliphatic carbocycles. The molecule has 1 aliphatic rings. The zero-order valence-corrected chi connectivity index (χ0v) is 13.1. The molecular formula is C15H18Cl2N2O2. The van der Waals surface area contributed by atoms with E-state index in [2.05, 4.69) is 10.6 Å². The summed E-state index contributed by atoms with van der Waals surface area (Å²) in [7, 11) is 0. The first-order chi connectivity index (χ1) is 10.0. The average molecular weight is 329 g/mol. The molecule has 21 heavy (non-hydrogen) atoms. The van der Waals surface area contributed by atoms with Crippen LogP contribution in [0.1, 0.15) is 32.1 Å². The Kier molecular flexibility index (Phi) is 5.88. The average Bonchev–Trinajstić information content (AvgIpc) is 2.93. The highest BCUT2D eigenvalue weighted by Gasteiger charge is 2.18. The van der Waals surface area contributed by atoms with Crippen molar-refractivity contribution in [2.24, 2.45) is 5.92 Å². The van der Waals surface area contributed by atoms with Gasteiger partial charge in [-0.1, -0.05) is 36.0 Å². The largest absolute Gasteiger partial charge is 0.347 e. The number of hydrogen-bond donors (Lipinski definition) is 2. The van der Waals surface area contributed by atoms with Crippen LogP contribution in [-0.4, -0.2) is 18.4 Å². The number of amides is 2. The monoisotopic (exact) mass is 328 g/mol. The van der Waals surface area contributed by atoms with E-state index in [-0.39, 0.29) is 18.4 Å². The van der Waals surface area contributed by atoms with Crippen LogP contribution < -0.4 is 10.6 Å². The van der Waals surface area contributed by atoms with Crippen LogP contribution in [0.15, 0.2) is 18.2 Å². The minimum Gasteiger partial charge on any atom is -0.347 e. The first kappa shape index (κ1) is 16.1. The van der Waals surface area contributed by atoms with Crippen molar-refractivity contribution in [2.75, 3.05) is 11.9 Å². The van der Waals surface area contributed by atoms with Gasteiger partial charge in [0.05, 0.1) is 17.3 Å². The van der Waals surface area contributed by atoms with Crippen molar-refractivity contribution >= 4 is 40.7 Å². The molecule has 0 saturated heterocycles. The fraction of sp³-hybridized carbons (Fsp3) is 0.467. The Morgan fingerprint density at radius 2 is 1.86 bits per heavy atom. The number of halogens is 2. The van der Waals surface area contributed by atoms with Gasteiger partial charge < -0.3 is 10.6 Å². The summed E-state index contributed by atoms with van der Waals surface area (Å²) in [6, 6.07) is 4.82. The number of carbonyl (C=O) groups excluding carboxylic acids is 2. The number of nitrogens with one attached hydrogen (secondary N) is 2. The van der Waals surface area contributed by atoms with Crippen molar-refractivity contribution < 1.29 is 9.59 Å². The zero-order chi connectivity index (χ0) is 15.2. The number of carbonyl (C=O) groups is 2. The van der Waals surface area contributed by atoms with E-state index in [9.17, 15) is 9.59 Å². The van der Waals surface area contributed by atoms with E-state index in [1.165, 1.54) is 12.8 Å². The van der Waals surface area contributed by atoms with Crippen LogP contribution in [0.3, 0.4) is 0 Å². The molecule has 0 aliphatic heterocycles. The number of anilines is 1. The van der Waals surface area contributed by atoms with Gasteiger partial charge >= 0.3 is 0 Å². The standard InChI is InChI=1S/C15H18Cl2N2O2/c16-11-5-6-12(17)13(8-11)19-15(21)9-18-14(20)7-10-3-1-2-4-10/h5-6,8,10H,1-4,7,9H2,(H,18,20)(H,19,21). The Hall–Kier alpha value is -1.26. The van der Waals surface area contributed by atoms with Gasteiger partial charge in [0, 0.05) is 11.4 Å². The van der Waals surface area contributed by atoms with Gasteiger partial charge in [-0.3, -0.25) is 9.59 Å². The molecule has 0 aromatic heterocycles. The van der Waals surface area contributed by atoms with E-state index in [4.69, 9.17) is 23.2 Å². The van der Waals surface area contributed by atoms with Crippen LogP contribution in [0.5, 0.6) is 0 Å². The van der Waals surface area contributed by atoms with Crippen molar-refractivity contribution in [3.63, 3.8) is 0 Å². The minimum absolute atomic E-state index is 0.0611. The van der Waals surface area contributed by atoms with E-state index >= 15 is 0 Å². The maximum atomic E-state index is 11.8. The van der Waals surface area contributed by atoms with E-state index in [0.29, 0.717) is 28.1 Å². The van der Waals surface area contributed by atoms with Crippen molar-refractivity contribution in [3.05, 3.63) is 28.2 Å². The first-order valence-corrected chi connectivity index (χ1v) is 7.82. The molecule has 0 unspecified atom stereocenters. The van der Waals surface area contributed by atoms with Crippen LogP contribution in [0, 0.1) is 5.92 Å². The summed E-state index contributed by atoms with van der Waals surface area (Å²) in [5, 5.41) is 6.16. The number of hydrogen-bond acceptors (Lipinski definition) is 2. The van der Waals surface area contributed by atoms with Crippen molar-refractivity contribution in [1.29, 1.82) is 0 Å². The molecule has 1 aromatic carbocycles. The molecule has 1 fully saturated rings. The molecule has 6 heteroatoms. The summed E-state index contributed by atoms with van der Waals surface area (Å²) in [4.78, 5) is 23.5. The summed E-state index contributed by atoms with van der Waals surface area (Å²) < 4.78 is 0. The number of rotatable bonds is 5. The lowest BCUT2D eigenvalue weighted by Crippen LogP contribution is -2.33. The van der Waals surface area contributed by atoms with E-state index in [1.54, 1.807) is 18.2 Å². The van der Waals surface area contributed by atoms with Crippen LogP contribution in [0.4, 0.5) is 5.69 Å². The lowest BCUT2D eigenvalue weighted by molar-refractivity contribution is -0.124. The molecule has 2 amide bonds. The van der Waals surface area contributed by atoms with Crippen LogP contribution in [0.2, 0.25) is 10.0 Å². The SMILES string of the molecule is O=C(CC1CCCC1)NCC(=O)Nc1cc(Cl)ccc1Cl. The molecule has 4 nitrogen and oxygen atoms in total. The second kappa shape index (κ2) is 7.66. The minimum atomic E-state index is -0.320. The molecule has 0 bridgehead atoms. The summed E-state index contributed by atoms with van der Waals surface area (Å²) in [6.07, 6.45) is 5.12. The normalized spacial score (nSPS) is 15.0. The Morgan fingerprint density at radius 3 is 2.57 bits per heavy atom. The fourth-order valence-corrected chi connectivity index (χ4v) is 2.85. The third kappa shape index (κ3) is 5.21. The van der Waals surface area contributed by atoms with Gasteiger partial charge in [-0.25, -0.2) is 0 Å². The lowest BCUT2D eigenvalue weighted by Gasteiger charge is -2.10. The Bertz CT molecular complexity index is 528. The molecule has 1 aromatic rings. The van der Waals surface area contributed by atoms with Gasteiger partial charge in [0.2, 0.25) is 11.8 Å². The predicted octanol–water partition coefficient (Wildman–Crippen LogP) is 3.63. The van der Waals surface area contributed by atoms with Crippen molar-refractivity contribution in [1.82, 2.24) is 5.32 Å². The molecule has 2 N–H and O–H groups in total. The zero-order valence-electron chi connectivity index (χ0n) is 11.6. The Labute approximate surface area is 134 Å². The smallest absolute Gasteiger partial charge is 0.243 e. The van der Waals surface area contributed by atoms with Crippen LogP contribution in [-0.2, 0) is 9.59 Å². The highest BCUT2D eigenvalue weighted by atomic mass is 35.5. The molecular weight excluding hydrogens is 311 g/mol. The molecule has 114 valence electrons. The van der Waals surface area contributed by atoms with Crippen LogP contribution in [0.25, 0.3) is 0 Å². The summed E-state index contributed by atoms with van der Waals surface area (Å²) in [5.41, 5.74) is 0.444.